The first-order valence-corrected chi connectivity index (χ1v) is 16.6. The molecule has 2 atom stereocenters. The number of allylic oxidation sites excluding steroid dienone is 4. The summed E-state index contributed by atoms with van der Waals surface area (Å²) in [7, 11) is 0. The summed E-state index contributed by atoms with van der Waals surface area (Å²) in [6.07, 6.45) is 9.55. The van der Waals surface area contributed by atoms with E-state index >= 15 is 0 Å². The molecule has 0 saturated heterocycles. The third-order valence-electron chi connectivity index (χ3n) is 9.98. The SMILES string of the molecule is C1=CCC(c2ccc(C3=c4ccccc4=NC(c4cccc5oc6c(-n7c8ccccc8c8ccccc87)cccc6c45)N3)cc2)C=C1. The first-order valence-electron chi connectivity index (χ1n) is 16.6. The molecule has 228 valence electrons. The highest BCUT2D eigenvalue weighted by Gasteiger charge is 2.24. The van der Waals surface area contributed by atoms with E-state index in [-0.39, 0.29) is 6.17 Å². The summed E-state index contributed by atoms with van der Waals surface area (Å²) in [5.41, 5.74) is 9.74. The molecule has 0 bridgehead atoms. The van der Waals surface area contributed by atoms with Crippen molar-refractivity contribution in [3.63, 3.8) is 0 Å². The van der Waals surface area contributed by atoms with Gasteiger partial charge >= 0.3 is 0 Å². The first-order chi connectivity index (χ1) is 23.8. The summed E-state index contributed by atoms with van der Waals surface area (Å²) in [5, 5.41) is 10.6. The highest BCUT2D eigenvalue weighted by Crippen LogP contribution is 2.40. The van der Waals surface area contributed by atoms with Gasteiger partial charge < -0.3 is 14.3 Å². The topological polar surface area (TPSA) is 42.5 Å². The molecule has 0 radical (unpaired) electrons. The maximum absolute atomic E-state index is 6.78. The van der Waals surface area contributed by atoms with Gasteiger partial charge in [0.1, 0.15) is 11.7 Å². The number of benzene rings is 6. The van der Waals surface area contributed by atoms with E-state index in [1.54, 1.807) is 0 Å². The summed E-state index contributed by atoms with van der Waals surface area (Å²) < 4.78 is 9.12. The monoisotopic (exact) mass is 617 g/mol. The Labute approximate surface area is 277 Å². The molecule has 0 fully saturated rings. The number of nitrogens with one attached hydrogen (secondary N) is 1. The Kier molecular flexibility index (Phi) is 6.03. The zero-order valence-electron chi connectivity index (χ0n) is 26.2. The maximum atomic E-state index is 6.78. The number of fused-ring (bicyclic) bond motifs is 7. The summed E-state index contributed by atoms with van der Waals surface area (Å²) >= 11 is 0. The Morgan fingerprint density at radius 2 is 1.40 bits per heavy atom. The van der Waals surface area contributed by atoms with E-state index in [1.165, 1.54) is 16.3 Å². The number of hydrogen-bond acceptors (Lipinski definition) is 3. The average molecular weight is 618 g/mol. The van der Waals surface area contributed by atoms with Gasteiger partial charge in [-0.3, -0.25) is 4.99 Å². The highest BCUT2D eigenvalue weighted by atomic mass is 16.3. The smallest absolute Gasteiger partial charge is 0.159 e. The molecule has 3 heterocycles. The number of aromatic nitrogens is 1. The zero-order chi connectivity index (χ0) is 31.6. The number of nitrogens with zero attached hydrogens (tertiary/aromatic N) is 2. The van der Waals surface area contributed by atoms with Crippen LogP contribution in [0.3, 0.4) is 0 Å². The number of para-hydroxylation sites is 4. The van der Waals surface area contributed by atoms with Crippen LogP contribution in [0, 0.1) is 0 Å². The van der Waals surface area contributed by atoms with E-state index in [1.807, 2.05) is 0 Å². The van der Waals surface area contributed by atoms with Crippen LogP contribution in [0.2, 0.25) is 0 Å². The largest absolute Gasteiger partial charge is 0.454 e. The van der Waals surface area contributed by atoms with Crippen molar-refractivity contribution in [1.29, 1.82) is 0 Å². The Hall–Kier alpha value is -6.13. The van der Waals surface area contributed by atoms with Gasteiger partial charge in [0.05, 0.1) is 27.8 Å². The Bertz CT molecular complexity index is 2690. The second kappa shape index (κ2) is 10.7. The minimum atomic E-state index is -0.289. The van der Waals surface area contributed by atoms with Gasteiger partial charge in [-0.05, 0) is 47.9 Å². The standard InChI is InChI=1S/C44H31N3O/c1-2-12-28(13-3-1)29-24-26-30(27-25-29)42-33-16-4-7-19-36(33)45-44(46-42)35-18-11-23-40-41(35)34-17-10-22-39(43(34)48-40)47-37-20-8-5-14-31(37)32-15-6-9-21-38(32)47/h1-12,14-28,44,46H,13H2. The van der Waals surface area contributed by atoms with E-state index in [0.29, 0.717) is 5.92 Å². The van der Waals surface area contributed by atoms with Crippen molar-refractivity contribution < 1.29 is 4.42 Å². The molecule has 8 aromatic rings. The number of rotatable bonds is 4. The van der Waals surface area contributed by atoms with E-state index in [4.69, 9.17) is 9.41 Å². The first kappa shape index (κ1) is 27.0. The molecule has 4 heteroatoms. The minimum Gasteiger partial charge on any atom is -0.454 e. The fourth-order valence-corrected chi connectivity index (χ4v) is 7.74. The summed E-state index contributed by atoms with van der Waals surface area (Å²) in [4.78, 5) is 5.28. The van der Waals surface area contributed by atoms with Gasteiger partial charge in [-0.25, -0.2) is 0 Å². The van der Waals surface area contributed by atoms with Crippen LogP contribution in [0.15, 0.2) is 167 Å². The molecule has 0 saturated carbocycles. The second-order valence-electron chi connectivity index (χ2n) is 12.7. The van der Waals surface area contributed by atoms with Gasteiger partial charge in [-0.1, -0.05) is 127 Å². The van der Waals surface area contributed by atoms with Gasteiger partial charge in [0.2, 0.25) is 0 Å². The van der Waals surface area contributed by atoms with E-state index in [0.717, 1.165) is 72.5 Å². The molecule has 2 aliphatic rings. The highest BCUT2D eigenvalue weighted by molar-refractivity contribution is 6.13. The Morgan fingerprint density at radius 3 is 2.19 bits per heavy atom. The molecule has 4 nitrogen and oxygen atoms in total. The molecule has 1 aliphatic heterocycles. The lowest BCUT2D eigenvalue weighted by molar-refractivity contribution is 0.636. The summed E-state index contributed by atoms with van der Waals surface area (Å²) in [6, 6.07) is 47.5. The summed E-state index contributed by atoms with van der Waals surface area (Å²) in [5.74, 6) is 0.419. The lowest BCUT2D eigenvalue weighted by Crippen LogP contribution is -2.39. The maximum Gasteiger partial charge on any atom is 0.159 e. The van der Waals surface area contributed by atoms with Crippen molar-refractivity contribution in [3.8, 4) is 5.69 Å². The third kappa shape index (κ3) is 4.12. The normalized spacial score (nSPS) is 17.2. The summed E-state index contributed by atoms with van der Waals surface area (Å²) in [6.45, 7) is 0. The molecular formula is C44H31N3O. The van der Waals surface area contributed by atoms with Crippen molar-refractivity contribution in [2.45, 2.75) is 18.5 Å². The van der Waals surface area contributed by atoms with Crippen LogP contribution in [0.4, 0.5) is 0 Å². The van der Waals surface area contributed by atoms with Crippen LogP contribution < -0.4 is 15.9 Å². The van der Waals surface area contributed by atoms with Crippen molar-refractivity contribution in [1.82, 2.24) is 9.88 Å². The minimum absolute atomic E-state index is 0.289. The van der Waals surface area contributed by atoms with Crippen LogP contribution in [-0.2, 0) is 0 Å². The molecule has 48 heavy (non-hydrogen) atoms. The fraction of sp³-hybridized carbons (Fsp3) is 0.0682. The van der Waals surface area contributed by atoms with Gasteiger partial charge in [-0.2, -0.15) is 0 Å². The fourth-order valence-electron chi connectivity index (χ4n) is 7.74. The van der Waals surface area contributed by atoms with Gasteiger partial charge in [0.25, 0.3) is 0 Å². The molecule has 10 rings (SSSR count). The van der Waals surface area contributed by atoms with Crippen molar-refractivity contribution >= 4 is 49.4 Å². The molecule has 0 spiro atoms. The van der Waals surface area contributed by atoms with Gasteiger partial charge in [0, 0.05) is 38.2 Å². The van der Waals surface area contributed by atoms with Crippen LogP contribution >= 0.6 is 0 Å². The molecule has 2 aromatic heterocycles. The molecular weight excluding hydrogens is 587 g/mol. The molecule has 1 N–H and O–H groups in total. The van der Waals surface area contributed by atoms with Crippen molar-refractivity contribution in [2.75, 3.05) is 0 Å². The Balaban J connectivity index is 1.13. The van der Waals surface area contributed by atoms with Gasteiger partial charge in [-0.15, -0.1) is 0 Å². The average Bonchev–Trinajstić information content (AvgIpc) is 3.71. The second-order valence-corrected chi connectivity index (χ2v) is 12.7. The molecule has 0 amide bonds. The predicted molar refractivity (Wildman–Crippen MR) is 196 cm³/mol. The van der Waals surface area contributed by atoms with Crippen LogP contribution in [0.5, 0.6) is 0 Å². The Morgan fingerprint density at radius 1 is 0.667 bits per heavy atom. The van der Waals surface area contributed by atoms with E-state index in [9.17, 15) is 0 Å². The quantitative estimate of drug-likeness (QED) is 0.214. The van der Waals surface area contributed by atoms with Crippen LogP contribution in [0.1, 0.15) is 35.2 Å². The molecule has 6 aromatic carbocycles. The van der Waals surface area contributed by atoms with Crippen LogP contribution in [0.25, 0.3) is 55.1 Å². The number of furan rings is 1. The van der Waals surface area contributed by atoms with Gasteiger partial charge in [0.15, 0.2) is 5.58 Å². The molecule has 1 aliphatic carbocycles. The van der Waals surface area contributed by atoms with Crippen LogP contribution in [-0.4, -0.2) is 4.57 Å². The lowest BCUT2D eigenvalue weighted by Gasteiger charge is -2.24. The number of hydrogen-bond donors (Lipinski definition) is 1. The lowest BCUT2D eigenvalue weighted by atomic mass is 9.91. The third-order valence-corrected chi connectivity index (χ3v) is 9.98. The zero-order valence-corrected chi connectivity index (χ0v) is 26.2. The van der Waals surface area contributed by atoms with E-state index in [2.05, 4.69) is 168 Å². The van der Waals surface area contributed by atoms with Crippen molar-refractivity contribution in [3.05, 3.63) is 185 Å². The predicted octanol–water partition coefficient (Wildman–Crippen LogP) is 9.36. The molecule has 2 unspecified atom stereocenters. The van der Waals surface area contributed by atoms with E-state index < -0.39 is 0 Å². The van der Waals surface area contributed by atoms with Crippen molar-refractivity contribution in [2.24, 2.45) is 4.99 Å².